The van der Waals surface area contributed by atoms with E-state index in [1.54, 1.807) is 30.3 Å². The quantitative estimate of drug-likeness (QED) is 0.804. The van der Waals surface area contributed by atoms with Crippen LogP contribution in [-0.2, 0) is 6.54 Å². The lowest BCUT2D eigenvalue weighted by Crippen LogP contribution is -2.21. The number of rotatable bonds is 4. The lowest BCUT2D eigenvalue weighted by Gasteiger charge is -1.98. The van der Waals surface area contributed by atoms with Crippen LogP contribution in [0.3, 0.4) is 0 Å². The first-order valence-electron chi connectivity index (χ1n) is 6.13. The van der Waals surface area contributed by atoms with Gasteiger partial charge in [0.1, 0.15) is 5.82 Å². The van der Waals surface area contributed by atoms with Crippen LogP contribution in [-0.4, -0.2) is 16.0 Å². The van der Waals surface area contributed by atoms with Gasteiger partial charge in [0.2, 0.25) is 11.7 Å². The molecule has 3 aromatic rings. The Kier molecular flexibility index (Phi) is 3.74. The first-order chi connectivity index (χ1) is 10.2. The van der Waals surface area contributed by atoms with Crippen molar-refractivity contribution in [3.05, 3.63) is 58.4 Å². The maximum atomic E-state index is 13.6. The number of nitrogens with one attached hydrogen (secondary N) is 1. The summed E-state index contributed by atoms with van der Waals surface area (Å²) in [5, 5.41) is 8.19. The summed E-state index contributed by atoms with van der Waals surface area (Å²) in [6.45, 7) is 0.0954. The van der Waals surface area contributed by atoms with E-state index in [4.69, 9.17) is 4.52 Å². The van der Waals surface area contributed by atoms with Crippen LogP contribution in [0.1, 0.15) is 15.6 Å². The molecule has 2 aromatic heterocycles. The summed E-state index contributed by atoms with van der Waals surface area (Å²) < 4.78 is 18.6. The molecule has 1 N–H and O–H groups in total. The fraction of sp³-hybridized carbons (Fsp3) is 0.0714. The molecule has 0 aliphatic carbocycles. The molecular weight excluding hydrogens is 293 g/mol. The van der Waals surface area contributed by atoms with Crippen LogP contribution < -0.4 is 5.32 Å². The summed E-state index contributed by atoms with van der Waals surface area (Å²) in [5.74, 6) is -0.255. The van der Waals surface area contributed by atoms with Gasteiger partial charge in [0, 0.05) is 0 Å². The number of aromatic nitrogens is 2. The monoisotopic (exact) mass is 303 g/mol. The second-order valence-electron chi connectivity index (χ2n) is 4.15. The zero-order valence-corrected chi connectivity index (χ0v) is 11.6. The van der Waals surface area contributed by atoms with Crippen molar-refractivity contribution in [2.24, 2.45) is 0 Å². The highest BCUT2D eigenvalue weighted by Gasteiger charge is 2.13. The van der Waals surface area contributed by atoms with Crippen LogP contribution in [0.25, 0.3) is 11.4 Å². The summed E-state index contributed by atoms with van der Waals surface area (Å²) in [6, 6.07) is 9.67. The number of carbonyl (C=O) groups excluding carboxylic acids is 1. The fourth-order valence-electron chi connectivity index (χ4n) is 1.73. The second-order valence-corrected chi connectivity index (χ2v) is 5.10. The number of carbonyl (C=O) groups is 1. The molecule has 0 atom stereocenters. The molecular formula is C14H10FN3O2S. The lowest BCUT2D eigenvalue weighted by molar-refractivity contribution is 0.0950. The summed E-state index contributed by atoms with van der Waals surface area (Å²) in [6.07, 6.45) is 0. The molecule has 7 heteroatoms. The van der Waals surface area contributed by atoms with E-state index in [1.807, 2.05) is 5.38 Å². The molecule has 21 heavy (non-hydrogen) atoms. The van der Waals surface area contributed by atoms with Crippen molar-refractivity contribution >= 4 is 17.2 Å². The number of hydrogen-bond donors (Lipinski definition) is 1. The molecule has 0 saturated carbocycles. The van der Waals surface area contributed by atoms with E-state index in [-0.39, 0.29) is 29.7 Å². The van der Waals surface area contributed by atoms with E-state index < -0.39 is 5.82 Å². The second kappa shape index (κ2) is 5.84. The molecule has 0 bridgehead atoms. The van der Waals surface area contributed by atoms with Gasteiger partial charge < -0.3 is 9.84 Å². The minimum absolute atomic E-state index is 0.0954. The van der Waals surface area contributed by atoms with E-state index in [9.17, 15) is 9.18 Å². The van der Waals surface area contributed by atoms with Gasteiger partial charge in [-0.2, -0.15) is 4.98 Å². The van der Waals surface area contributed by atoms with Crippen LogP contribution >= 0.6 is 11.3 Å². The van der Waals surface area contributed by atoms with Crippen molar-refractivity contribution in [1.29, 1.82) is 0 Å². The third-order valence-electron chi connectivity index (χ3n) is 2.73. The number of halogens is 1. The van der Waals surface area contributed by atoms with Crippen molar-refractivity contribution in [3.63, 3.8) is 0 Å². The molecule has 1 amide bonds. The van der Waals surface area contributed by atoms with Crippen molar-refractivity contribution in [2.75, 3.05) is 0 Å². The topological polar surface area (TPSA) is 68.0 Å². The van der Waals surface area contributed by atoms with Gasteiger partial charge in [0.05, 0.1) is 17.0 Å². The minimum atomic E-state index is -0.424. The zero-order chi connectivity index (χ0) is 14.7. The van der Waals surface area contributed by atoms with Crippen molar-refractivity contribution in [1.82, 2.24) is 15.5 Å². The zero-order valence-electron chi connectivity index (χ0n) is 10.7. The Balaban J connectivity index is 1.69. The fourth-order valence-corrected chi connectivity index (χ4v) is 2.37. The number of amides is 1. The van der Waals surface area contributed by atoms with Gasteiger partial charge in [0.25, 0.3) is 5.91 Å². The average Bonchev–Trinajstić information content (AvgIpc) is 3.17. The summed E-state index contributed by atoms with van der Waals surface area (Å²) in [5.41, 5.74) is 0.261. The molecule has 5 nitrogen and oxygen atoms in total. The molecule has 0 fully saturated rings. The van der Waals surface area contributed by atoms with Crippen molar-refractivity contribution < 1.29 is 13.7 Å². The Morgan fingerprint density at radius 3 is 2.90 bits per heavy atom. The molecule has 3 rings (SSSR count). The summed E-state index contributed by atoms with van der Waals surface area (Å²) in [4.78, 5) is 16.4. The Morgan fingerprint density at radius 1 is 1.29 bits per heavy atom. The SMILES string of the molecule is O=C(NCc1nc(-c2ccccc2F)no1)c1cccs1. The summed E-state index contributed by atoms with van der Waals surface area (Å²) in [7, 11) is 0. The largest absolute Gasteiger partial charge is 0.342 e. The number of hydrogen-bond acceptors (Lipinski definition) is 5. The Labute approximate surface area is 123 Å². The normalized spacial score (nSPS) is 10.5. The van der Waals surface area contributed by atoms with Gasteiger partial charge in [-0.1, -0.05) is 23.4 Å². The third kappa shape index (κ3) is 2.97. The molecule has 0 unspecified atom stereocenters. The lowest BCUT2D eigenvalue weighted by atomic mass is 10.2. The highest BCUT2D eigenvalue weighted by atomic mass is 32.1. The van der Waals surface area contributed by atoms with E-state index in [2.05, 4.69) is 15.5 Å². The van der Waals surface area contributed by atoms with Gasteiger partial charge in [-0.15, -0.1) is 11.3 Å². The molecule has 0 radical (unpaired) electrons. The first-order valence-corrected chi connectivity index (χ1v) is 7.01. The smallest absolute Gasteiger partial charge is 0.261 e. The van der Waals surface area contributed by atoms with Crippen LogP contribution in [0, 0.1) is 5.82 Å². The Bertz CT molecular complexity index is 755. The highest BCUT2D eigenvalue weighted by molar-refractivity contribution is 7.12. The van der Waals surface area contributed by atoms with Gasteiger partial charge >= 0.3 is 0 Å². The van der Waals surface area contributed by atoms with E-state index in [1.165, 1.54) is 17.4 Å². The predicted molar refractivity (Wildman–Crippen MR) is 75.2 cm³/mol. The minimum Gasteiger partial charge on any atom is -0.342 e. The van der Waals surface area contributed by atoms with Crippen molar-refractivity contribution in [2.45, 2.75) is 6.54 Å². The van der Waals surface area contributed by atoms with Crippen LogP contribution in [0.2, 0.25) is 0 Å². The maximum absolute atomic E-state index is 13.6. The predicted octanol–water partition coefficient (Wildman–Crippen LogP) is 2.87. The van der Waals surface area contributed by atoms with Gasteiger partial charge in [-0.05, 0) is 23.6 Å². The van der Waals surface area contributed by atoms with E-state index >= 15 is 0 Å². The Hall–Kier alpha value is -2.54. The molecule has 2 heterocycles. The maximum Gasteiger partial charge on any atom is 0.261 e. The summed E-state index contributed by atoms with van der Waals surface area (Å²) >= 11 is 1.34. The number of benzene rings is 1. The van der Waals surface area contributed by atoms with Gasteiger partial charge in [-0.25, -0.2) is 4.39 Å². The van der Waals surface area contributed by atoms with Crippen LogP contribution in [0.4, 0.5) is 4.39 Å². The third-order valence-corrected chi connectivity index (χ3v) is 3.60. The van der Waals surface area contributed by atoms with Gasteiger partial charge in [0.15, 0.2) is 0 Å². The number of nitrogens with zero attached hydrogens (tertiary/aromatic N) is 2. The molecule has 0 spiro atoms. The molecule has 106 valence electrons. The highest BCUT2D eigenvalue weighted by Crippen LogP contribution is 2.19. The first kappa shape index (κ1) is 13.4. The molecule has 0 aliphatic heterocycles. The average molecular weight is 303 g/mol. The molecule has 0 saturated heterocycles. The number of thiophene rings is 1. The standard InChI is InChI=1S/C14H10FN3O2S/c15-10-5-2-1-4-9(10)13-17-12(20-18-13)8-16-14(19)11-6-3-7-21-11/h1-7H,8H2,(H,16,19). The van der Waals surface area contributed by atoms with E-state index in [0.717, 1.165) is 0 Å². The van der Waals surface area contributed by atoms with Crippen LogP contribution in [0.15, 0.2) is 46.3 Å². The molecule has 0 aliphatic rings. The van der Waals surface area contributed by atoms with Crippen LogP contribution in [0.5, 0.6) is 0 Å². The Morgan fingerprint density at radius 2 is 2.14 bits per heavy atom. The molecule has 1 aromatic carbocycles. The van der Waals surface area contributed by atoms with E-state index in [0.29, 0.717) is 4.88 Å². The van der Waals surface area contributed by atoms with Crippen molar-refractivity contribution in [3.8, 4) is 11.4 Å². The van der Waals surface area contributed by atoms with Gasteiger partial charge in [-0.3, -0.25) is 4.79 Å².